The van der Waals surface area contributed by atoms with Crippen LogP contribution in [0.4, 0.5) is 9.57 Å². The van der Waals surface area contributed by atoms with E-state index in [2.05, 4.69) is 5.32 Å². The zero-order valence-corrected chi connectivity index (χ0v) is 12.4. The standard InChI is InChI=1S/C15H14FNO3S/c1-10-7-8-12(9-11(10)2)15(18)17-13-5-3-4-6-14(13)21(16,19)20/h3-9H,1-2H3,(H,17,18). The van der Waals surface area contributed by atoms with E-state index in [1.54, 1.807) is 18.2 Å². The molecule has 1 amide bonds. The largest absolute Gasteiger partial charge is 0.334 e. The molecule has 110 valence electrons. The minimum atomic E-state index is -4.89. The number of halogens is 1. The molecule has 4 nitrogen and oxygen atoms in total. The van der Waals surface area contributed by atoms with Gasteiger partial charge < -0.3 is 5.32 Å². The van der Waals surface area contributed by atoms with Crippen molar-refractivity contribution in [3.8, 4) is 0 Å². The third-order valence-electron chi connectivity index (χ3n) is 3.17. The number of hydrogen-bond donors (Lipinski definition) is 1. The highest BCUT2D eigenvalue weighted by atomic mass is 32.3. The van der Waals surface area contributed by atoms with E-state index in [9.17, 15) is 17.1 Å². The number of anilines is 1. The zero-order valence-electron chi connectivity index (χ0n) is 11.6. The van der Waals surface area contributed by atoms with Crippen LogP contribution in [0.5, 0.6) is 0 Å². The minimum absolute atomic E-state index is 0.0803. The molecular weight excluding hydrogens is 293 g/mol. The number of carbonyl (C=O) groups is 1. The molecule has 0 fully saturated rings. The minimum Gasteiger partial charge on any atom is -0.321 e. The van der Waals surface area contributed by atoms with Crippen molar-refractivity contribution in [3.05, 3.63) is 59.2 Å². The number of para-hydroxylation sites is 1. The lowest BCUT2D eigenvalue weighted by Gasteiger charge is -2.09. The topological polar surface area (TPSA) is 63.2 Å². The first-order chi connectivity index (χ1) is 9.79. The second-order valence-electron chi connectivity index (χ2n) is 4.69. The zero-order chi connectivity index (χ0) is 15.6. The molecule has 0 aliphatic carbocycles. The third kappa shape index (κ3) is 3.46. The van der Waals surface area contributed by atoms with Gasteiger partial charge in [-0.3, -0.25) is 4.79 Å². The first kappa shape index (κ1) is 15.2. The van der Waals surface area contributed by atoms with Crippen LogP contribution in [0, 0.1) is 13.8 Å². The lowest BCUT2D eigenvalue weighted by atomic mass is 10.1. The fourth-order valence-corrected chi connectivity index (χ4v) is 2.48. The van der Waals surface area contributed by atoms with Gasteiger partial charge in [0, 0.05) is 5.56 Å². The molecular formula is C15H14FNO3S. The monoisotopic (exact) mass is 307 g/mol. The van der Waals surface area contributed by atoms with Crippen LogP contribution in [-0.2, 0) is 10.2 Å². The maximum absolute atomic E-state index is 13.2. The van der Waals surface area contributed by atoms with E-state index in [-0.39, 0.29) is 5.69 Å². The van der Waals surface area contributed by atoms with Crippen LogP contribution < -0.4 is 5.32 Å². The fourth-order valence-electron chi connectivity index (χ4n) is 1.86. The Balaban J connectivity index is 2.34. The SMILES string of the molecule is Cc1ccc(C(=O)Nc2ccccc2S(=O)(=O)F)cc1C. The Labute approximate surface area is 122 Å². The highest BCUT2D eigenvalue weighted by molar-refractivity contribution is 7.86. The number of aryl methyl sites for hydroxylation is 2. The molecule has 0 saturated heterocycles. The molecule has 0 aliphatic heterocycles. The smallest absolute Gasteiger partial charge is 0.321 e. The summed E-state index contributed by atoms with van der Waals surface area (Å²) in [6.45, 7) is 3.79. The van der Waals surface area contributed by atoms with Crippen molar-refractivity contribution in [1.82, 2.24) is 0 Å². The Morgan fingerprint density at radius 2 is 1.71 bits per heavy atom. The van der Waals surface area contributed by atoms with Crippen molar-refractivity contribution in [2.45, 2.75) is 18.7 Å². The molecule has 2 aromatic carbocycles. The first-order valence-electron chi connectivity index (χ1n) is 6.21. The molecule has 2 aromatic rings. The second-order valence-corrected chi connectivity index (χ2v) is 6.00. The molecule has 0 aliphatic rings. The summed E-state index contributed by atoms with van der Waals surface area (Å²) in [5, 5.41) is 2.42. The van der Waals surface area contributed by atoms with Crippen molar-refractivity contribution in [2.24, 2.45) is 0 Å². The molecule has 0 heterocycles. The normalized spacial score (nSPS) is 11.2. The highest BCUT2D eigenvalue weighted by Gasteiger charge is 2.18. The predicted octanol–water partition coefficient (Wildman–Crippen LogP) is 3.21. The van der Waals surface area contributed by atoms with Gasteiger partial charge in [0.25, 0.3) is 5.91 Å². The molecule has 0 saturated carbocycles. The molecule has 1 N–H and O–H groups in total. The molecule has 0 aromatic heterocycles. The third-order valence-corrected chi connectivity index (χ3v) is 4.05. The van der Waals surface area contributed by atoms with Gasteiger partial charge in [0.15, 0.2) is 0 Å². The lowest BCUT2D eigenvalue weighted by molar-refractivity contribution is 0.102. The Bertz CT molecular complexity index is 800. The molecule has 0 bridgehead atoms. The molecule has 0 radical (unpaired) electrons. The van der Waals surface area contributed by atoms with E-state index >= 15 is 0 Å². The number of amides is 1. The van der Waals surface area contributed by atoms with Crippen LogP contribution in [0.1, 0.15) is 21.5 Å². The van der Waals surface area contributed by atoms with Gasteiger partial charge in [-0.25, -0.2) is 0 Å². The predicted molar refractivity (Wildman–Crippen MR) is 78.6 cm³/mol. The van der Waals surface area contributed by atoms with E-state index in [4.69, 9.17) is 0 Å². The second kappa shape index (κ2) is 5.65. The van der Waals surface area contributed by atoms with E-state index in [1.807, 2.05) is 13.8 Å². The summed E-state index contributed by atoms with van der Waals surface area (Å²) in [4.78, 5) is 11.6. The van der Waals surface area contributed by atoms with Crippen LogP contribution in [-0.4, -0.2) is 14.3 Å². The van der Waals surface area contributed by atoms with Crippen molar-refractivity contribution in [3.63, 3.8) is 0 Å². The van der Waals surface area contributed by atoms with Crippen molar-refractivity contribution < 1.29 is 17.1 Å². The number of hydrogen-bond acceptors (Lipinski definition) is 3. The highest BCUT2D eigenvalue weighted by Crippen LogP contribution is 2.23. The van der Waals surface area contributed by atoms with Crippen LogP contribution in [0.3, 0.4) is 0 Å². The summed E-state index contributed by atoms with van der Waals surface area (Å²) in [5.74, 6) is -0.491. The Hall–Kier alpha value is -2.21. The molecule has 21 heavy (non-hydrogen) atoms. The molecule has 6 heteroatoms. The summed E-state index contributed by atoms with van der Waals surface area (Å²) in [6, 6.07) is 10.5. The van der Waals surface area contributed by atoms with Crippen LogP contribution in [0.15, 0.2) is 47.4 Å². The summed E-state index contributed by atoms with van der Waals surface area (Å²) in [5.41, 5.74) is 2.28. The first-order valence-corrected chi connectivity index (χ1v) is 7.59. The van der Waals surface area contributed by atoms with Gasteiger partial charge >= 0.3 is 10.2 Å². The Morgan fingerprint density at radius 1 is 1.05 bits per heavy atom. The van der Waals surface area contributed by atoms with Gasteiger partial charge in [-0.2, -0.15) is 8.42 Å². The average Bonchev–Trinajstić information content (AvgIpc) is 2.41. The van der Waals surface area contributed by atoms with Gasteiger partial charge in [0.2, 0.25) is 0 Å². The van der Waals surface area contributed by atoms with E-state index < -0.39 is 21.0 Å². The summed E-state index contributed by atoms with van der Waals surface area (Å²) >= 11 is 0. The molecule has 0 unspecified atom stereocenters. The van der Waals surface area contributed by atoms with E-state index in [0.717, 1.165) is 17.2 Å². The van der Waals surface area contributed by atoms with Crippen molar-refractivity contribution >= 4 is 21.8 Å². The van der Waals surface area contributed by atoms with Gasteiger partial charge in [-0.1, -0.05) is 18.2 Å². The van der Waals surface area contributed by atoms with E-state index in [1.165, 1.54) is 18.2 Å². The van der Waals surface area contributed by atoms with Crippen LogP contribution >= 0.6 is 0 Å². The Kier molecular flexibility index (Phi) is 4.09. The van der Waals surface area contributed by atoms with Gasteiger partial charge in [0.1, 0.15) is 4.90 Å². The number of rotatable bonds is 3. The van der Waals surface area contributed by atoms with Crippen molar-refractivity contribution in [2.75, 3.05) is 5.32 Å². The molecule has 0 spiro atoms. The number of carbonyl (C=O) groups excluding carboxylic acids is 1. The number of nitrogens with one attached hydrogen (secondary N) is 1. The lowest BCUT2D eigenvalue weighted by Crippen LogP contribution is -2.14. The maximum Gasteiger partial charge on any atom is 0.334 e. The van der Waals surface area contributed by atoms with Crippen LogP contribution in [0.25, 0.3) is 0 Å². The van der Waals surface area contributed by atoms with E-state index in [0.29, 0.717) is 5.56 Å². The van der Waals surface area contributed by atoms with Gasteiger partial charge in [-0.05, 0) is 49.2 Å². The maximum atomic E-state index is 13.2. The fraction of sp³-hybridized carbons (Fsp3) is 0.133. The number of benzene rings is 2. The van der Waals surface area contributed by atoms with Gasteiger partial charge in [-0.15, -0.1) is 3.89 Å². The molecule has 0 atom stereocenters. The van der Waals surface area contributed by atoms with Gasteiger partial charge in [0.05, 0.1) is 5.69 Å². The van der Waals surface area contributed by atoms with Crippen LogP contribution in [0.2, 0.25) is 0 Å². The summed E-state index contributed by atoms with van der Waals surface area (Å²) in [6.07, 6.45) is 0. The Morgan fingerprint density at radius 3 is 2.33 bits per heavy atom. The summed E-state index contributed by atoms with van der Waals surface area (Å²) < 4.78 is 35.3. The van der Waals surface area contributed by atoms with Crippen molar-refractivity contribution in [1.29, 1.82) is 0 Å². The summed E-state index contributed by atoms with van der Waals surface area (Å²) in [7, 11) is -4.89. The average molecular weight is 307 g/mol. The quantitative estimate of drug-likeness (QED) is 0.886. The molecule has 2 rings (SSSR count).